The number of anilines is 2. The maximum Gasteiger partial charge on any atom is 0.272 e. The lowest BCUT2D eigenvalue weighted by molar-refractivity contribution is 0.101. The number of carbonyl (C=O) groups excluding carboxylic acids is 1. The Balaban J connectivity index is 1.90. The second-order valence-electron chi connectivity index (χ2n) is 6.57. The lowest BCUT2D eigenvalue weighted by Crippen LogP contribution is -2.18. The lowest BCUT2D eigenvalue weighted by Gasteiger charge is -2.14. The maximum absolute atomic E-state index is 13.0. The fraction of sp³-hybridized carbons (Fsp3) is 0.190. The highest BCUT2D eigenvalue weighted by molar-refractivity contribution is 9.10. The number of rotatable bonds is 7. The van der Waals surface area contributed by atoms with Gasteiger partial charge < -0.3 is 14.6 Å². The number of carbonyl (C=O) groups is 1. The minimum absolute atomic E-state index is 0.0678. The molecule has 0 unspecified atom stereocenters. The van der Waals surface area contributed by atoms with E-state index in [1.54, 1.807) is 54.0 Å². The van der Waals surface area contributed by atoms with Crippen LogP contribution in [-0.2, 0) is 16.6 Å². The van der Waals surface area contributed by atoms with Crippen LogP contribution in [0.3, 0.4) is 0 Å². The second-order valence-corrected chi connectivity index (χ2v) is 9.14. The van der Waals surface area contributed by atoms with Gasteiger partial charge in [-0.2, -0.15) is 0 Å². The number of aryl methyl sites for hydroxylation is 2. The molecule has 0 spiro atoms. The molecule has 0 saturated heterocycles. The molecule has 0 atom stereocenters. The van der Waals surface area contributed by atoms with Crippen molar-refractivity contribution in [1.82, 2.24) is 4.57 Å². The van der Waals surface area contributed by atoms with E-state index in [1.807, 2.05) is 13.1 Å². The van der Waals surface area contributed by atoms with Gasteiger partial charge in [0.25, 0.3) is 15.9 Å². The van der Waals surface area contributed by atoms with Crippen LogP contribution in [0.15, 0.2) is 64.1 Å². The Morgan fingerprint density at radius 2 is 1.90 bits per heavy atom. The summed E-state index contributed by atoms with van der Waals surface area (Å²) in [6, 6.07) is 13.2. The summed E-state index contributed by atoms with van der Waals surface area (Å²) in [5.41, 5.74) is 1.74. The molecule has 9 heteroatoms. The number of para-hydroxylation sites is 2. The Bertz CT molecular complexity index is 1190. The molecule has 1 aromatic heterocycles. The van der Waals surface area contributed by atoms with Crippen molar-refractivity contribution in [2.45, 2.75) is 25.3 Å². The van der Waals surface area contributed by atoms with Crippen molar-refractivity contribution in [1.29, 1.82) is 0 Å². The summed E-state index contributed by atoms with van der Waals surface area (Å²) in [5, 5.41) is 2.77. The van der Waals surface area contributed by atoms with E-state index in [1.165, 1.54) is 13.2 Å². The standard InChI is InChI=1S/C21H22BrN3O4S/c1-4-25-13-15(22)11-18(25)21(26)23-16-10-9-14(2)20(12-16)30(27,28)24-17-7-5-6-8-19(17)29-3/h5-13,24H,4H2,1-3H3,(H,23,26). The van der Waals surface area contributed by atoms with Crippen LogP contribution < -0.4 is 14.8 Å². The molecule has 3 aromatic rings. The zero-order valence-corrected chi connectivity index (χ0v) is 19.2. The summed E-state index contributed by atoms with van der Waals surface area (Å²) >= 11 is 3.37. The molecule has 0 aliphatic heterocycles. The summed E-state index contributed by atoms with van der Waals surface area (Å²) < 4.78 is 36.4. The minimum atomic E-state index is -3.90. The van der Waals surface area contributed by atoms with E-state index in [2.05, 4.69) is 26.0 Å². The number of hydrogen-bond donors (Lipinski definition) is 2. The average molecular weight is 492 g/mol. The van der Waals surface area contributed by atoms with Crippen molar-refractivity contribution in [2.24, 2.45) is 0 Å². The Hall–Kier alpha value is -2.78. The molecule has 7 nitrogen and oxygen atoms in total. The molecule has 0 radical (unpaired) electrons. The molecule has 0 aliphatic rings. The van der Waals surface area contributed by atoms with Crippen molar-refractivity contribution >= 4 is 43.2 Å². The molecular formula is C21H22BrN3O4S. The normalized spacial score (nSPS) is 11.2. The molecule has 0 aliphatic carbocycles. The second kappa shape index (κ2) is 8.93. The third kappa shape index (κ3) is 4.68. The lowest BCUT2D eigenvalue weighted by atomic mass is 10.2. The van der Waals surface area contributed by atoms with Gasteiger partial charge in [0.2, 0.25) is 0 Å². The van der Waals surface area contributed by atoms with E-state index in [0.29, 0.717) is 34.9 Å². The van der Waals surface area contributed by atoms with Crippen molar-refractivity contribution in [3.8, 4) is 5.75 Å². The van der Waals surface area contributed by atoms with Crippen molar-refractivity contribution in [3.05, 3.63) is 70.5 Å². The van der Waals surface area contributed by atoms with Crippen LogP contribution in [0.2, 0.25) is 0 Å². The van der Waals surface area contributed by atoms with Crippen LogP contribution >= 0.6 is 15.9 Å². The number of amides is 1. The third-order valence-corrected chi connectivity index (χ3v) is 6.46. The first kappa shape index (κ1) is 21.9. The number of aromatic nitrogens is 1. The quantitative estimate of drug-likeness (QED) is 0.503. The monoisotopic (exact) mass is 491 g/mol. The minimum Gasteiger partial charge on any atom is -0.495 e. The summed E-state index contributed by atoms with van der Waals surface area (Å²) in [7, 11) is -2.43. The predicted octanol–water partition coefficient (Wildman–Crippen LogP) is 4.64. The molecule has 158 valence electrons. The molecular weight excluding hydrogens is 470 g/mol. The topological polar surface area (TPSA) is 89.4 Å². The molecule has 3 rings (SSSR count). The predicted molar refractivity (Wildman–Crippen MR) is 121 cm³/mol. The summed E-state index contributed by atoms with van der Waals surface area (Å²) in [6.45, 7) is 4.26. The highest BCUT2D eigenvalue weighted by atomic mass is 79.9. The number of ether oxygens (including phenoxy) is 1. The molecule has 30 heavy (non-hydrogen) atoms. The number of benzene rings is 2. The molecule has 2 aromatic carbocycles. The molecule has 0 fully saturated rings. The van der Waals surface area contributed by atoms with Gasteiger partial charge >= 0.3 is 0 Å². The van der Waals surface area contributed by atoms with Gasteiger partial charge in [-0.15, -0.1) is 0 Å². The van der Waals surface area contributed by atoms with Gasteiger partial charge in [-0.1, -0.05) is 18.2 Å². The molecule has 2 N–H and O–H groups in total. The zero-order valence-electron chi connectivity index (χ0n) is 16.8. The highest BCUT2D eigenvalue weighted by Gasteiger charge is 2.20. The number of sulfonamides is 1. The number of methoxy groups -OCH3 is 1. The maximum atomic E-state index is 13.0. The smallest absolute Gasteiger partial charge is 0.272 e. The van der Waals surface area contributed by atoms with Crippen molar-refractivity contribution < 1.29 is 17.9 Å². The van der Waals surface area contributed by atoms with Gasteiger partial charge in [0.1, 0.15) is 11.4 Å². The van der Waals surface area contributed by atoms with Crippen LogP contribution in [-0.4, -0.2) is 26.0 Å². The number of hydrogen-bond acceptors (Lipinski definition) is 4. The van der Waals surface area contributed by atoms with Crippen LogP contribution in [0.4, 0.5) is 11.4 Å². The molecule has 1 amide bonds. The fourth-order valence-corrected chi connectivity index (χ4v) is 4.82. The first-order valence-electron chi connectivity index (χ1n) is 9.18. The van der Waals surface area contributed by atoms with Gasteiger partial charge in [0.05, 0.1) is 17.7 Å². The average Bonchev–Trinajstić information content (AvgIpc) is 3.10. The Morgan fingerprint density at radius 1 is 1.17 bits per heavy atom. The van der Waals surface area contributed by atoms with E-state index in [-0.39, 0.29) is 10.8 Å². The van der Waals surface area contributed by atoms with Crippen LogP contribution in [0, 0.1) is 6.92 Å². The molecule has 0 bridgehead atoms. The van der Waals surface area contributed by atoms with E-state index in [9.17, 15) is 13.2 Å². The Labute approximate surface area is 184 Å². The third-order valence-electron chi connectivity index (χ3n) is 4.52. The van der Waals surface area contributed by atoms with Crippen molar-refractivity contribution in [3.63, 3.8) is 0 Å². The molecule has 1 heterocycles. The van der Waals surface area contributed by atoms with Gasteiger partial charge in [0, 0.05) is 22.9 Å². The van der Waals surface area contributed by atoms with Crippen LogP contribution in [0.5, 0.6) is 5.75 Å². The highest BCUT2D eigenvalue weighted by Crippen LogP contribution is 2.28. The van der Waals surface area contributed by atoms with Crippen LogP contribution in [0.25, 0.3) is 0 Å². The first-order valence-corrected chi connectivity index (χ1v) is 11.5. The molecule has 0 saturated carbocycles. The van der Waals surface area contributed by atoms with Crippen LogP contribution in [0.1, 0.15) is 23.0 Å². The van der Waals surface area contributed by atoms with E-state index in [4.69, 9.17) is 4.74 Å². The number of halogens is 1. The summed E-state index contributed by atoms with van der Waals surface area (Å²) in [4.78, 5) is 12.8. The number of nitrogens with one attached hydrogen (secondary N) is 2. The number of nitrogens with zero attached hydrogens (tertiary/aromatic N) is 1. The summed E-state index contributed by atoms with van der Waals surface area (Å²) in [5.74, 6) is 0.0847. The van der Waals surface area contributed by atoms with E-state index >= 15 is 0 Å². The zero-order chi connectivity index (χ0) is 21.9. The van der Waals surface area contributed by atoms with Gasteiger partial charge in [-0.05, 0) is 65.7 Å². The summed E-state index contributed by atoms with van der Waals surface area (Å²) in [6.07, 6.45) is 1.82. The van der Waals surface area contributed by atoms with Gasteiger partial charge in [0.15, 0.2) is 0 Å². The Morgan fingerprint density at radius 3 is 2.60 bits per heavy atom. The first-order chi connectivity index (χ1) is 14.2. The largest absolute Gasteiger partial charge is 0.495 e. The Kier molecular flexibility index (Phi) is 6.52. The van der Waals surface area contributed by atoms with Crippen molar-refractivity contribution in [2.75, 3.05) is 17.1 Å². The SMILES string of the molecule is CCn1cc(Br)cc1C(=O)Nc1ccc(C)c(S(=O)(=O)Nc2ccccc2OC)c1. The fourth-order valence-electron chi connectivity index (χ4n) is 3.02. The van der Waals surface area contributed by atoms with E-state index in [0.717, 1.165) is 4.47 Å². The van der Waals surface area contributed by atoms with Gasteiger partial charge in [-0.25, -0.2) is 8.42 Å². The van der Waals surface area contributed by atoms with E-state index < -0.39 is 10.0 Å². The van der Waals surface area contributed by atoms with Gasteiger partial charge in [-0.3, -0.25) is 9.52 Å².